The highest BCUT2D eigenvalue weighted by Gasteiger charge is 2.22. The Morgan fingerprint density at radius 2 is 1.89 bits per heavy atom. The molecule has 2 heterocycles. The number of hydrogen-bond donors (Lipinski definition) is 3. The zero-order valence-corrected chi connectivity index (χ0v) is 14.7. The second kappa shape index (κ2) is 7.30. The van der Waals surface area contributed by atoms with E-state index in [0.717, 1.165) is 17.3 Å². The van der Waals surface area contributed by atoms with Gasteiger partial charge in [-0.25, -0.2) is 8.78 Å². The lowest BCUT2D eigenvalue weighted by Gasteiger charge is -2.27. The van der Waals surface area contributed by atoms with Gasteiger partial charge in [-0.15, -0.1) is 0 Å². The van der Waals surface area contributed by atoms with Gasteiger partial charge in [-0.2, -0.15) is 0 Å². The zero-order valence-electron chi connectivity index (χ0n) is 14.7. The molecule has 1 atom stereocenters. The summed E-state index contributed by atoms with van der Waals surface area (Å²) in [6.07, 6.45) is 2.47. The number of rotatable bonds is 4. The molecule has 0 amide bonds. The predicted octanol–water partition coefficient (Wildman–Crippen LogP) is 2.67. The van der Waals surface area contributed by atoms with Crippen molar-refractivity contribution in [3.05, 3.63) is 91.8 Å². The third-order valence-electron chi connectivity index (χ3n) is 4.68. The van der Waals surface area contributed by atoms with Crippen LogP contribution in [0.2, 0.25) is 0 Å². The maximum Gasteiger partial charge on any atom is 0.313 e. The average Bonchev–Trinajstić information content (AvgIpc) is 2.69. The summed E-state index contributed by atoms with van der Waals surface area (Å²) in [4.78, 5) is 27.6. The number of aromatic amines is 2. The van der Waals surface area contributed by atoms with Crippen molar-refractivity contribution in [3.8, 4) is 5.75 Å². The number of ether oxygens (including phenoxy) is 1. The maximum absolute atomic E-state index is 13.8. The third-order valence-corrected chi connectivity index (χ3v) is 4.68. The first kappa shape index (κ1) is 18.0. The Bertz CT molecular complexity index is 1140. The lowest BCUT2D eigenvalue weighted by atomic mass is 10.0. The molecule has 1 aliphatic rings. The Morgan fingerprint density at radius 1 is 1.04 bits per heavy atom. The Morgan fingerprint density at radius 3 is 2.68 bits per heavy atom. The van der Waals surface area contributed by atoms with E-state index in [1.165, 1.54) is 18.3 Å². The van der Waals surface area contributed by atoms with Gasteiger partial charge in [0.15, 0.2) is 0 Å². The summed E-state index contributed by atoms with van der Waals surface area (Å²) in [5.41, 5.74) is 1.27. The second-order valence-corrected chi connectivity index (χ2v) is 6.60. The van der Waals surface area contributed by atoms with Crippen molar-refractivity contribution in [2.45, 2.75) is 18.9 Å². The molecule has 144 valence electrons. The van der Waals surface area contributed by atoms with Gasteiger partial charge in [0.2, 0.25) is 0 Å². The minimum absolute atomic E-state index is 0.269. The van der Waals surface area contributed by atoms with Crippen LogP contribution in [0.5, 0.6) is 5.75 Å². The first-order chi connectivity index (χ1) is 13.5. The molecule has 0 radical (unpaired) electrons. The smallest absolute Gasteiger partial charge is 0.313 e. The summed E-state index contributed by atoms with van der Waals surface area (Å²) in [6.45, 7) is 0.269. The van der Waals surface area contributed by atoms with Crippen molar-refractivity contribution in [2.24, 2.45) is 0 Å². The Balaban J connectivity index is 1.47. The lowest BCUT2D eigenvalue weighted by molar-refractivity contribution is 0.283. The largest absolute Gasteiger partial charge is 0.489 e. The predicted molar refractivity (Wildman–Crippen MR) is 99.8 cm³/mol. The molecular weight excluding hydrogens is 368 g/mol. The van der Waals surface area contributed by atoms with Gasteiger partial charge in [-0.05, 0) is 42.2 Å². The number of H-pyrrole nitrogens is 2. The van der Waals surface area contributed by atoms with Crippen LogP contribution in [0.25, 0.3) is 0 Å². The van der Waals surface area contributed by atoms with E-state index in [-0.39, 0.29) is 12.6 Å². The number of hydrogen-bond acceptors (Lipinski definition) is 4. The average molecular weight is 385 g/mol. The van der Waals surface area contributed by atoms with Crippen LogP contribution >= 0.6 is 0 Å². The van der Waals surface area contributed by atoms with Crippen LogP contribution in [0.3, 0.4) is 0 Å². The van der Waals surface area contributed by atoms with E-state index >= 15 is 0 Å². The normalized spacial score (nSPS) is 15.4. The molecule has 0 spiro atoms. The van der Waals surface area contributed by atoms with E-state index in [0.29, 0.717) is 29.8 Å². The van der Waals surface area contributed by atoms with Crippen LogP contribution in [0, 0.1) is 11.6 Å². The van der Waals surface area contributed by atoms with Crippen LogP contribution in [-0.4, -0.2) is 16.6 Å². The molecule has 1 unspecified atom stereocenters. The fraction of sp³-hybridized carbons (Fsp3) is 0.200. The summed E-state index contributed by atoms with van der Waals surface area (Å²) in [5, 5.41) is 3.26. The van der Waals surface area contributed by atoms with Crippen LogP contribution in [0.15, 0.2) is 52.2 Å². The topological polar surface area (TPSA) is 87.0 Å². The SMILES string of the molecule is O=c1[nH]cc(C2COc3cc(CCc4ccc(F)cc4F)ccc3N2)[nH]c1=O. The van der Waals surface area contributed by atoms with Gasteiger partial charge in [-0.1, -0.05) is 12.1 Å². The van der Waals surface area contributed by atoms with Crippen LogP contribution < -0.4 is 21.2 Å². The van der Waals surface area contributed by atoms with E-state index in [1.807, 2.05) is 18.2 Å². The molecule has 1 aliphatic heterocycles. The Kier molecular flexibility index (Phi) is 4.68. The van der Waals surface area contributed by atoms with Crippen molar-refractivity contribution in [1.29, 1.82) is 0 Å². The Labute approximate surface area is 158 Å². The minimum Gasteiger partial charge on any atom is -0.489 e. The molecule has 3 aromatic rings. The number of aromatic nitrogens is 2. The molecule has 8 heteroatoms. The summed E-state index contributed by atoms with van der Waals surface area (Å²) >= 11 is 0. The lowest BCUT2D eigenvalue weighted by Crippen LogP contribution is -2.33. The van der Waals surface area contributed by atoms with Gasteiger partial charge in [0.05, 0.1) is 11.4 Å². The number of benzene rings is 2. The number of anilines is 1. The molecule has 0 saturated carbocycles. The van der Waals surface area contributed by atoms with Crippen molar-refractivity contribution in [3.63, 3.8) is 0 Å². The van der Waals surface area contributed by atoms with E-state index < -0.39 is 22.8 Å². The molecule has 6 nitrogen and oxygen atoms in total. The fourth-order valence-electron chi connectivity index (χ4n) is 3.15. The molecule has 4 rings (SSSR count). The molecule has 1 aromatic heterocycles. The molecule has 0 saturated heterocycles. The summed E-state index contributed by atoms with van der Waals surface area (Å²) in [5.74, 6) is -0.485. The number of halogens is 2. The molecule has 3 N–H and O–H groups in total. The standard InChI is InChI=1S/C20H17F2N3O3/c21-13-5-4-12(14(22)8-13)3-1-11-2-6-15-18(7-11)28-10-17(24-15)16-9-23-19(26)20(27)25-16/h2,4-9,17,24H,1,3,10H2,(H,23,26)(H,25,27). The number of nitrogens with one attached hydrogen (secondary N) is 3. The first-order valence-electron chi connectivity index (χ1n) is 8.78. The summed E-state index contributed by atoms with van der Waals surface area (Å²) in [7, 11) is 0. The highest BCUT2D eigenvalue weighted by atomic mass is 19.1. The van der Waals surface area contributed by atoms with E-state index in [1.54, 1.807) is 0 Å². The van der Waals surface area contributed by atoms with E-state index in [2.05, 4.69) is 15.3 Å². The summed E-state index contributed by atoms with van der Waals surface area (Å²) in [6, 6.07) is 8.90. The summed E-state index contributed by atoms with van der Waals surface area (Å²) < 4.78 is 32.5. The highest BCUT2D eigenvalue weighted by molar-refractivity contribution is 5.60. The molecule has 0 bridgehead atoms. The maximum atomic E-state index is 13.8. The molecule has 0 fully saturated rings. The molecular formula is C20H17F2N3O3. The van der Waals surface area contributed by atoms with Gasteiger partial charge < -0.3 is 20.0 Å². The quantitative estimate of drug-likeness (QED) is 0.603. The van der Waals surface area contributed by atoms with Crippen molar-refractivity contribution < 1.29 is 13.5 Å². The second-order valence-electron chi connectivity index (χ2n) is 6.60. The van der Waals surface area contributed by atoms with Gasteiger partial charge in [0.1, 0.15) is 30.0 Å². The van der Waals surface area contributed by atoms with Crippen LogP contribution in [0.4, 0.5) is 14.5 Å². The first-order valence-corrected chi connectivity index (χ1v) is 8.78. The molecule has 0 aliphatic carbocycles. The third kappa shape index (κ3) is 3.66. The highest BCUT2D eigenvalue weighted by Crippen LogP contribution is 2.34. The van der Waals surface area contributed by atoms with Crippen molar-refractivity contribution in [1.82, 2.24) is 9.97 Å². The van der Waals surface area contributed by atoms with Gasteiger partial charge in [0.25, 0.3) is 0 Å². The Hall–Kier alpha value is -3.42. The van der Waals surface area contributed by atoms with Crippen LogP contribution in [-0.2, 0) is 12.8 Å². The van der Waals surface area contributed by atoms with E-state index in [4.69, 9.17) is 4.74 Å². The van der Waals surface area contributed by atoms with Crippen LogP contribution in [0.1, 0.15) is 22.9 Å². The van der Waals surface area contributed by atoms with E-state index in [9.17, 15) is 18.4 Å². The fourth-order valence-corrected chi connectivity index (χ4v) is 3.15. The van der Waals surface area contributed by atoms with Gasteiger partial charge in [-0.3, -0.25) is 9.59 Å². The van der Waals surface area contributed by atoms with Crippen molar-refractivity contribution in [2.75, 3.05) is 11.9 Å². The monoisotopic (exact) mass is 385 g/mol. The van der Waals surface area contributed by atoms with Crippen molar-refractivity contribution >= 4 is 5.69 Å². The van der Waals surface area contributed by atoms with Gasteiger partial charge >= 0.3 is 11.1 Å². The minimum atomic E-state index is -0.714. The molecule has 2 aromatic carbocycles. The van der Waals surface area contributed by atoms with Gasteiger partial charge in [0, 0.05) is 12.3 Å². The number of aryl methyl sites for hydroxylation is 2. The zero-order chi connectivity index (χ0) is 19.7. The molecule has 28 heavy (non-hydrogen) atoms. The number of fused-ring (bicyclic) bond motifs is 1.